The molecule has 1 amide bonds. The third-order valence-corrected chi connectivity index (χ3v) is 2.22. The van der Waals surface area contributed by atoms with Crippen molar-refractivity contribution in [1.29, 1.82) is 0 Å². The van der Waals surface area contributed by atoms with Crippen molar-refractivity contribution in [3.8, 4) is 0 Å². The predicted octanol–water partition coefficient (Wildman–Crippen LogP) is -1.95. The molecule has 0 heterocycles. The molecular weight excluding hydrogens is 238 g/mol. The molecule has 0 aliphatic heterocycles. The SMILES string of the molecule is COC(=O)C(C)NC(=O)C(N)CCCN=C(N)N. The Hall–Kier alpha value is -1.83. The van der Waals surface area contributed by atoms with E-state index in [4.69, 9.17) is 17.2 Å². The summed E-state index contributed by atoms with van der Waals surface area (Å²) in [5, 5.41) is 2.46. The minimum Gasteiger partial charge on any atom is -0.467 e. The van der Waals surface area contributed by atoms with Crippen LogP contribution in [0.25, 0.3) is 0 Å². The highest BCUT2D eigenvalue weighted by atomic mass is 16.5. The molecule has 0 radical (unpaired) electrons. The quantitative estimate of drug-likeness (QED) is 0.181. The number of nitrogens with zero attached hydrogens (tertiary/aromatic N) is 1. The number of nitrogens with one attached hydrogen (secondary N) is 1. The molecule has 0 aromatic rings. The number of amides is 1. The van der Waals surface area contributed by atoms with Gasteiger partial charge in [-0.3, -0.25) is 9.79 Å². The van der Waals surface area contributed by atoms with Crippen LogP contribution in [-0.4, -0.2) is 43.6 Å². The van der Waals surface area contributed by atoms with E-state index in [1.165, 1.54) is 14.0 Å². The molecule has 0 aromatic carbocycles. The topological polar surface area (TPSA) is 146 Å². The molecule has 0 fully saturated rings. The van der Waals surface area contributed by atoms with Crippen LogP contribution in [0.15, 0.2) is 4.99 Å². The molecule has 0 saturated carbocycles. The zero-order valence-electron chi connectivity index (χ0n) is 10.7. The molecule has 0 aliphatic rings. The second-order valence-corrected chi connectivity index (χ2v) is 3.81. The summed E-state index contributed by atoms with van der Waals surface area (Å²) in [6, 6.07) is -1.42. The van der Waals surface area contributed by atoms with E-state index >= 15 is 0 Å². The van der Waals surface area contributed by atoms with Gasteiger partial charge in [-0.2, -0.15) is 0 Å². The van der Waals surface area contributed by atoms with Crippen LogP contribution < -0.4 is 22.5 Å². The van der Waals surface area contributed by atoms with Crippen molar-refractivity contribution in [2.75, 3.05) is 13.7 Å². The van der Waals surface area contributed by atoms with Crippen molar-refractivity contribution in [3.05, 3.63) is 0 Å². The van der Waals surface area contributed by atoms with Gasteiger partial charge in [0.25, 0.3) is 0 Å². The van der Waals surface area contributed by atoms with Gasteiger partial charge in [0.2, 0.25) is 5.91 Å². The van der Waals surface area contributed by atoms with Crippen LogP contribution in [0.1, 0.15) is 19.8 Å². The number of methoxy groups -OCH3 is 1. The lowest BCUT2D eigenvalue weighted by atomic mass is 10.1. The second-order valence-electron chi connectivity index (χ2n) is 3.81. The van der Waals surface area contributed by atoms with Gasteiger partial charge in [-0.1, -0.05) is 0 Å². The molecule has 0 spiro atoms. The molecule has 7 N–H and O–H groups in total. The van der Waals surface area contributed by atoms with Crippen LogP contribution in [0.5, 0.6) is 0 Å². The van der Waals surface area contributed by atoms with Gasteiger partial charge in [0.1, 0.15) is 6.04 Å². The lowest BCUT2D eigenvalue weighted by Crippen LogP contribution is -2.47. The summed E-state index contributed by atoms with van der Waals surface area (Å²) >= 11 is 0. The second kappa shape index (κ2) is 8.29. The van der Waals surface area contributed by atoms with Gasteiger partial charge in [0.15, 0.2) is 5.96 Å². The zero-order valence-corrected chi connectivity index (χ0v) is 10.7. The fourth-order valence-electron chi connectivity index (χ4n) is 1.21. The van der Waals surface area contributed by atoms with Gasteiger partial charge in [0, 0.05) is 6.54 Å². The van der Waals surface area contributed by atoms with Crippen molar-refractivity contribution < 1.29 is 14.3 Å². The zero-order chi connectivity index (χ0) is 14.1. The van der Waals surface area contributed by atoms with Gasteiger partial charge in [-0.05, 0) is 19.8 Å². The molecule has 0 bridgehead atoms. The van der Waals surface area contributed by atoms with Crippen LogP contribution >= 0.6 is 0 Å². The van der Waals surface area contributed by atoms with Crippen LogP contribution in [0.2, 0.25) is 0 Å². The van der Waals surface area contributed by atoms with Crippen molar-refractivity contribution in [2.24, 2.45) is 22.2 Å². The molecule has 8 heteroatoms. The van der Waals surface area contributed by atoms with E-state index in [0.717, 1.165) is 0 Å². The lowest BCUT2D eigenvalue weighted by molar-refractivity contribution is -0.144. The Kier molecular flexibility index (Phi) is 7.45. The Balaban J connectivity index is 3.96. The number of hydrogen-bond acceptors (Lipinski definition) is 5. The molecule has 0 rings (SSSR count). The molecule has 8 nitrogen and oxygen atoms in total. The van der Waals surface area contributed by atoms with E-state index in [0.29, 0.717) is 19.4 Å². The van der Waals surface area contributed by atoms with Crippen molar-refractivity contribution in [3.63, 3.8) is 0 Å². The summed E-state index contributed by atoms with van der Waals surface area (Å²) in [6.45, 7) is 1.94. The smallest absolute Gasteiger partial charge is 0.328 e. The van der Waals surface area contributed by atoms with Crippen molar-refractivity contribution in [1.82, 2.24) is 5.32 Å². The number of hydrogen-bond donors (Lipinski definition) is 4. The number of rotatable bonds is 7. The van der Waals surface area contributed by atoms with Crippen LogP contribution in [0.3, 0.4) is 0 Å². The summed E-state index contributed by atoms with van der Waals surface area (Å²) in [5.41, 5.74) is 15.9. The Bertz CT molecular complexity index is 315. The minimum absolute atomic E-state index is 0.00679. The monoisotopic (exact) mass is 259 g/mol. The first-order valence-corrected chi connectivity index (χ1v) is 5.57. The number of guanidine groups is 1. The largest absolute Gasteiger partial charge is 0.467 e. The Labute approximate surface area is 106 Å². The average molecular weight is 259 g/mol. The van der Waals surface area contributed by atoms with Crippen LogP contribution in [0.4, 0.5) is 0 Å². The van der Waals surface area contributed by atoms with E-state index in [-0.39, 0.29) is 5.96 Å². The van der Waals surface area contributed by atoms with Gasteiger partial charge < -0.3 is 27.3 Å². The number of nitrogens with two attached hydrogens (primary N) is 3. The molecule has 2 unspecified atom stereocenters. The summed E-state index contributed by atoms with van der Waals surface area (Å²) in [7, 11) is 1.25. The number of esters is 1. The Morgan fingerprint density at radius 1 is 1.39 bits per heavy atom. The van der Waals surface area contributed by atoms with Crippen LogP contribution in [-0.2, 0) is 14.3 Å². The first-order chi connectivity index (χ1) is 8.38. The molecule has 2 atom stereocenters. The normalized spacial score (nSPS) is 13.3. The maximum atomic E-state index is 11.6. The van der Waals surface area contributed by atoms with E-state index in [1.54, 1.807) is 0 Å². The van der Waals surface area contributed by atoms with Gasteiger partial charge >= 0.3 is 5.97 Å². The van der Waals surface area contributed by atoms with E-state index < -0.39 is 24.0 Å². The first-order valence-electron chi connectivity index (χ1n) is 5.57. The standard InChI is InChI=1S/C10H21N5O3/c1-6(9(17)18-2)15-8(16)7(11)4-3-5-14-10(12)13/h6-7H,3-5,11H2,1-2H3,(H,15,16)(H4,12,13,14). The van der Waals surface area contributed by atoms with Crippen molar-refractivity contribution in [2.45, 2.75) is 31.8 Å². The van der Waals surface area contributed by atoms with Crippen molar-refractivity contribution >= 4 is 17.8 Å². The Morgan fingerprint density at radius 2 is 2.00 bits per heavy atom. The molecule has 0 saturated heterocycles. The van der Waals surface area contributed by atoms with E-state index in [9.17, 15) is 9.59 Å². The fraction of sp³-hybridized carbons (Fsp3) is 0.700. The summed E-state index contributed by atoms with van der Waals surface area (Å²) in [6.07, 6.45) is 1.01. The lowest BCUT2D eigenvalue weighted by Gasteiger charge is -2.15. The van der Waals surface area contributed by atoms with E-state index in [1.807, 2.05) is 0 Å². The molecule has 104 valence electrons. The summed E-state index contributed by atoms with van der Waals surface area (Å²) in [5.74, 6) is -0.916. The summed E-state index contributed by atoms with van der Waals surface area (Å²) in [4.78, 5) is 26.4. The Morgan fingerprint density at radius 3 is 2.50 bits per heavy atom. The average Bonchev–Trinajstić information content (AvgIpc) is 2.32. The van der Waals surface area contributed by atoms with Gasteiger partial charge in [-0.25, -0.2) is 4.79 Å². The third-order valence-electron chi connectivity index (χ3n) is 2.22. The number of carbonyl (C=O) groups excluding carboxylic acids is 2. The van der Waals surface area contributed by atoms with Gasteiger partial charge in [0.05, 0.1) is 13.2 Å². The highest BCUT2D eigenvalue weighted by Crippen LogP contribution is 1.96. The first kappa shape index (κ1) is 16.2. The third kappa shape index (κ3) is 6.69. The molecule has 0 aromatic heterocycles. The molecule has 0 aliphatic carbocycles. The molecule has 18 heavy (non-hydrogen) atoms. The molecular formula is C10H21N5O3. The van der Waals surface area contributed by atoms with E-state index in [2.05, 4.69) is 15.0 Å². The highest BCUT2D eigenvalue weighted by Gasteiger charge is 2.19. The highest BCUT2D eigenvalue weighted by molar-refractivity contribution is 5.87. The van der Waals surface area contributed by atoms with Gasteiger partial charge in [-0.15, -0.1) is 0 Å². The number of ether oxygens (including phenoxy) is 1. The maximum absolute atomic E-state index is 11.6. The number of carbonyl (C=O) groups is 2. The predicted molar refractivity (Wildman–Crippen MR) is 67.5 cm³/mol. The van der Waals surface area contributed by atoms with Crippen LogP contribution in [0, 0.1) is 0 Å². The fourth-order valence-corrected chi connectivity index (χ4v) is 1.21. The maximum Gasteiger partial charge on any atom is 0.328 e. The summed E-state index contributed by atoms with van der Waals surface area (Å²) < 4.78 is 4.48. The minimum atomic E-state index is -0.716. The number of aliphatic imine (C=N–C) groups is 1.